The normalized spacial score (nSPS) is 11.4. The monoisotopic (exact) mass is 275 g/mol. The summed E-state index contributed by atoms with van der Waals surface area (Å²) in [6.07, 6.45) is 0. The van der Waals surface area contributed by atoms with Crippen molar-refractivity contribution in [3.05, 3.63) is 47.5 Å². The SMILES string of the molecule is Cc1cc(C(=O)NC(C)(C)C)nn1-c1ccc(F)cc1. The minimum absolute atomic E-state index is 0.221. The topological polar surface area (TPSA) is 46.9 Å². The number of benzene rings is 1. The van der Waals surface area contributed by atoms with E-state index in [9.17, 15) is 9.18 Å². The van der Waals surface area contributed by atoms with Crippen LogP contribution in [0.3, 0.4) is 0 Å². The van der Waals surface area contributed by atoms with Gasteiger partial charge in [-0.2, -0.15) is 5.10 Å². The molecule has 0 aliphatic carbocycles. The number of carbonyl (C=O) groups excluding carboxylic acids is 1. The number of hydrogen-bond donors (Lipinski definition) is 1. The van der Waals surface area contributed by atoms with Gasteiger partial charge in [-0.1, -0.05) is 0 Å². The number of rotatable bonds is 2. The molecule has 5 heteroatoms. The molecule has 1 aromatic heterocycles. The van der Waals surface area contributed by atoms with E-state index in [0.29, 0.717) is 5.69 Å². The van der Waals surface area contributed by atoms with E-state index >= 15 is 0 Å². The largest absolute Gasteiger partial charge is 0.346 e. The van der Waals surface area contributed by atoms with Gasteiger partial charge in [-0.25, -0.2) is 9.07 Å². The average Bonchev–Trinajstić information content (AvgIpc) is 2.70. The van der Waals surface area contributed by atoms with Crippen molar-refractivity contribution in [2.24, 2.45) is 0 Å². The highest BCUT2D eigenvalue weighted by Crippen LogP contribution is 2.13. The van der Waals surface area contributed by atoms with E-state index in [4.69, 9.17) is 0 Å². The molecule has 1 aromatic carbocycles. The molecule has 1 heterocycles. The van der Waals surface area contributed by atoms with Crippen LogP contribution in [0.4, 0.5) is 4.39 Å². The van der Waals surface area contributed by atoms with Crippen LogP contribution < -0.4 is 5.32 Å². The van der Waals surface area contributed by atoms with Gasteiger partial charge in [0.2, 0.25) is 0 Å². The summed E-state index contributed by atoms with van der Waals surface area (Å²) >= 11 is 0. The first-order valence-corrected chi connectivity index (χ1v) is 6.41. The molecule has 0 radical (unpaired) electrons. The van der Waals surface area contributed by atoms with Crippen molar-refractivity contribution < 1.29 is 9.18 Å². The lowest BCUT2D eigenvalue weighted by Crippen LogP contribution is -2.40. The summed E-state index contributed by atoms with van der Waals surface area (Å²) in [6, 6.07) is 7.70. The standard InChI is InChI=1S/C15H18FN3O/c1-10-9-13(14(20)17-15(2,3)4)18-19(10)12-7-5-11(16)6-8-12/h5-9H,1-4H3,(H,17,20). The molecule has 0 fully saturated rings. The van der Waals surface area contributed by atoms with E-state index < -0.39 is 0 Å². The Hall–Kier alpha value is -2.17. The van der Waals surface area contributed by atoms with Crippen LogP contribution in [-0.4, -0.2) is 21.2 Å². The number of nitrogens with zero attached hydrogens (tertiary/aromatic N) is 2. The molecule has 4 nitrogen and oxygen atoms in total. The zero-order chi connectivity index (χ0) is 14.9. The van der Waals surface area contributed by atoms with Gasteiger partial charge in [-0.3, -0.25) is 4.79 Å². The molecule has 0 saturated heterocycles. The quantitative estimate of drug-likeness (QED) is 0.916. The molecular weight excluding hydrogens is 257 g/mol. The van der Waals surface area contributed by atoms with Gasteiger partial charge in [0.05, 0.1) is 5.69 Å². The van der Waals surface area contributed by atoms with Crippen LogP contribution in [0, 0.1) is 12.7 Å². The highest BCUT2D eigenvalue weighted by Gasteiger charge is 2.18. The molecule has 0 aliphatic rings. The number of aryl methyl sites for hydroxylation is 1. The molecule has 1 N–H and O–H groups in total. The van der Waals surface area contributed by atoms with Crippen LogP contribution in [-0.2, 0) is 0 Å². The Balaban J connectivity index is 2.30. The summed E-state index contributed by atoms with van der Waals surface area (Å²) in [5.41, 5.74) is 1.57. The molecule has 0 atom stereocenters. The lowest BCUT2D eigenvalue weighted by atomic mass is 10.1. The first-order chi connectivity index (χ1) is 9.26. The highest BCUT2D eigenvalue weighted by atomic mass is 19.1. The van der Waals surface area contributed by atoms with Gasteiger partial charge in [0.15, 0.2) is 5.69 Å². The molecule has 0 bridgehead atoms. The second kappa shape index (κ2) is 5.07. The molecule has 0 spiro atoms. The van der Waals surface area contributed by atoms with Crippen molar-refractivity contribution in [1.29, 1.82) is 0 Å². The lowest BCUT2D eigenvalue weighted by Gasteiger charge is -2.19. The van der Waals surface area contributed by atoms with Crippen LogP contribution >= 0.6 is 0 Å². The minimum atomic E-state index is -0.315. The third-order valence-electron chi connectivity index (χ3n) is 2.68. The first-order valence-electron chi connectivity index (χ1n) is 6.41. The molecule has 0 unspecified atom stereocenters. The highest BCUT2D eigenvalue weighted by molar-refractivity contribution is 5.92. The number of hydrogen-bond acceptors (Lipinski definition) is 2. The molecule has 20 heavy (non-hydrogen) atoms. The second-order valence-electron chi connectivity index (χ2n) is 5.76. The molecule has 2 aromatic rings. The van der Waals surface area contributed by atoms with Gasteiger partial charge >= 0.3 is 0 Å². The molecular formula is C15H18FN3O. The summed E-state index contributed by atoms with van der Waals surface area (Å²) in [5, 5.41) is 7.14. The Kier molecular flexibility index (Phi) is 3.61. The molecule has 106 valence electrons. The van der Waals surface area contributed by atoms with Crippen molar-refractivity contribution in [2.45, 2.75) is 33.2 Å². The summed E-state index contributed by atoms with van der Waals surface area (Å²) in [4.78, 5) is 12.1. The third-order valence-corrected chi connectivity index (χ3v) is 2.68. The van der Waals surface area contributed by atoms with Gasteiger partial charge in [-0.15, -0.1) is 0 Å². The fraction of sp³-hybridized carbons (Fsp3) is 0.333. The fourth-order valence-corrected chi connectivity index (χ4v) is 1.83. The number of halogens is 1. The number of aromatic nitrogens is 2. The van der Waals surface area contributed by atoms with Crippen molar-refractivity contribution in [3.63, 3.8) is 0 Å². The van der Waals surface area contributed by atoms with Gasteiger partial charge in [0.25, 0.3) is 5.91 Å². The van der Waals surface area contributed by atoms with Crippen LogP contribution in [0.25, 0.3) is 5.69 Å². The van der Waals surface area contributed by atoms with Crippen molar-refractivity contribution in [2.75, 3.05) is 0 Å². The van der Waals surface area contributed by atoms with Crippen molar-refractivity contribution in [1.82, 2.24) is 15.1 Å². The molecule has 2 rings (SSSR count). The van der Waals surface area contributed by atoms with Crippen LogP contribution in [0.15, 0.2) is 30.3 Å². The lowest BCUT2D eigenvalue weighted by molar-refractivity contribution is 0.0914. The summed E-state index contributed by atoms with van der Waals surface area (Å²) in [5.74, 6) is -0.522. The third kappa shape index (κ3) is 3.23. The molecule has 0 aliphatic heterocycles. The molecule has 0 saturated carbocycles. The summed E-state index contributed by atoms with van der Waals surface area (Å²) in [7, 11) is 0. The van der Waals surface area contributed by atoms with Gasteiger partial charge in [0, 0.05) is 11.2 Å². The van der Waals surface area contributed by atoms with Crippen LogP contribution in [0.5, 0.6) is 0 Å². The van der Waals surface area contributed by atoms with E-state index in [1.165, 1.54) is 12.1 Å². The van der Waals surface area contributed by atoms with Crippen molar-refractivity contribution in [3.8, 4) is 5.69 Å². The smallest absolute Gasteiger partial charge is 0.272 e. The summed E-state index contributed by atoms with van der Waals surface area (Å²) < 4.78 is 14.6. The summed E-state index contributed by atoms with van der Waals surface area (Å²) in [6.45, 7) is 7.59. The van der Waals surface area contributed by atoms with Crippen LogP contribution in [0.2, 0.25) is 0 Å². The molecule has 1 amide bonds. The zero-order valence-corrected chi connectivity index (χ0v) is 12.1. The number of amides is 1. The maximum absolute atomic E-state index is 12.9. The van der Waals surface area contributed by atoms with Crippen molar-refractivity contribution >= 4 is 5.91 Å². The van der Waals surface area contributed by atoms with E-state index in [0.717, 1.165) is 11.4 Å². The maximum atomic E-state index is 12.9. The maximum Gasteiger partial charge on any atom is 0.272 e. The Labute approximate surface area is 117 Å². The van der Waals surface area contributed by atoms with Gasteiger partial charge < -0.3 is 5.32 Å². The first kappa shape index (κ1) is 14.2. The Morgan fingerprint density at radius 1 is 1.25 bits per heavy atom. The van der Waals surface area contributed by atoms with Gasteiger partial charge in [-0.05, 0) is 58.0 Å². The Morgan fingerprint density at radius 3 is 2.40 bits per heavy atom. The second-order valence-corrected chi connectivity index (χ2v) is 5.76. The van der Waals surface area contributed by atoms with Gasteiger partial charge in [0.1, 0.15) is 5.82 Å². The van der Waals surface area contributed by atoms with E-state index in [2.05, 4.69) is 10.4 Å². The predicted molar refractivity (Wildman–Crippen MR) is 75.5 cm³/mol. The van der Waals surface area contributed by atoms with E-state index in [1.54, 1.807) is 22.9 Å². The Morgan fingerprint density at radius 2 is 1.85 bits per heavy atom. The zero-order valence-electron chi connectivity index (χ0n) is 12.1. The van der Waals surface area contributed by atoms with Crippen LogP contribution in [0.1, 0.15) is 37.0 Å². The average molecular weight is 275 g/mol. The number of carbonyl (C=O) groups is 1. The fourth-order valence-electron chi connectivity index (χ4n) is 1.83. The minimum Gasteiger partial charge on any atom is -0.346 e. The number of nitrogens with one attached hydrogen (secondary N) is 1. The van der Waals surface area contributed by atoms with E-state index in [1.807, 2.05) is 27.7 Å². The predicted octanol–water partition coefficient (Wildman–Crippen LogP) is 2.85. The Bertz CT molecular complexity index is 624. The van der Waals surface area contributed by atoms with E-state index in [-0.39, 0.29) is 17.3 Å².